The summed E-state index contributed by atoms with van der Waals surface area (Å²) in [6.45, 7) is 7.29. The molecule has 1 rings (SSSR count). The second kappa shape index (κ2) is 2.94. The zero-order chi connectivity index (χ0) is 8.48. The zero-order valence-electron chi connectivity index (χ0n) is 7.52. The Bertz CT molecular complexity index is 149. The number of carbonyl (C=O) groups is 1. The highest BCUT2D eigenvalue weighted by molar-refractivity contribution is 5.86. The third-order valence-electron chi connectivity index (χ3n) is 2.04. The van der Waals surface area contributed by atoms with Crippen LogP contribution < -0.4 is 0 Å². The molecule has 2 nitrogen and oxygen atoms in total. The van der Waals surface area contributed by atoms with Gasteiger partial charge in [-0.3, -0.25) is 4.79 Å². The van der Waals surface area contributed by atoms with Crippen LogP contribution >= 0.6 is 0 Å². The Balaban J connectivity index is 2.53. The van der Waals surface area contributed by atoms with E-state index >= 15 is 0 Å². The molecule has 0 bridgehead atoms. The summed E-state index contributed by atoms with van der Waals surface area (Å²) in [6.07, 6.45) is 0.913. The van der Waals surface area contributed by atoms with Crippen LogP contribution in [0.5, 0.6) is 0 Å². The fourth-order valence-electron chi connectivity index (χ4n) is 1.35. The summed E-state index contributed by atoms with van der Waals surface area (Å²) in [7, 11) is 0. The fourth-order valence-corrected chi connectivity index (χ4v) is 1.35. The Morgan fingerprint density at radius 3 is 2.45 bits per heavy atom. The van der Waals surface area contributed by atoms with Crippen LogP contribution in [-0.4, -0.2) is 19.0 Å². The van der Waals surface area contributed by atoms with Crippen molar-refractivity contribution >= 4 is 5.78 Å². The lowest BCUT2D eigenvalue weighted by atomic mass is 9.83. The van der Waals surface area contributed by atoms with Crippen molar-refractivity contribution in [2.24, 2.45) is 11.3 Å². The van der Waals surface area contributed by atoms with Crippen LogP contribution in [0.2, 0.25) is 0 Å². The molecule has 0 aromatic rings. The minimum atomic E-state index is -0.196. The third kappa shape index (κ3) is 2.03. The van der Waals surface area contributed by atoms with Gasteiger partial charge in [0.15, 0.2) is 0 Å². The molecule has 1 heterocycles. The molecule has 0 aromatic carbocycles. The Hall–Kier alpha value is -0.370. The van der Waals surface area contributed by atoms with E-state index in [4.69, 9.17) is 4.74 Å². The minimum absolute atomic E-state index is 0.162. The standard InChI is InChI=1S/C9H16O2/c1-9(2,3)8(10)7-4-5-11-6-7/h7H,4-6H2,1-3H3/t7-/m1/s1. The molecule has 2 heteroatoms. The molecule has 0 N–H and O–H groups in total. The van der Waals surface area contributed by atoms with Crippen LogP contribution in [0.15, 0.2) is 0 Å². The molecule has 0 saturated carbocycles. The number of hydrogen-bond acceptors (Lipinski definition) is 2. The van der Waals surface area contributed by atoms with E-state index in [0.717, 1.165) is 13.0 Å². The number of Topliss-reactive ketones (excluding diaryl/α,β-unsaturated/α-hetero) is 1. The van der Waals surface area contributed by atoms with E-state index in [-0.39, 0.29) is 11.3 Å². The van der Waals surface area contributed by atoms with Crippen LogP contribution in [0.1, 0.15) is 27.2 Å². The summed E-state index contributed by atoms with van der Waals surface area (Å²) < 4.78 is 5.15. The molecule has 1 fully saturated rings. The largest absolute Gasteiger partial charge is 0.381 e. The molecule has 1 aliphatic heterocycles. The van der Waals surface area contributed by atoms with Crippen molar-refractivity contribution in [1.29, 1.82) is 0 Å². The zero-order valence-corrected chi connectivity index (χ0v) is 7.52. The quantitative estimate of drug-likeness (QED) is 0.577. The van der Waals surface area contributed by atoms with Gasteiger partial charge in [0, 0.05) is 17.9 Å². The number of ether oxygens (including phenoxy) is 1. The Morgan fingerprint density at radius 2 is 2.09 bits per heavy atom. The van der Waals surface area contributed by atoms with Crippen molar-refractivity contribution in [1.82, 2.24) is 0 Å². The van der Waals surface area contributed by atoms with E-state index in [9.17, 15) is 4.79 Å². The summed E-state index contributed by atoms with van der Waals surface area (Å²) in [5.74, 6) is 0.505. The van der Waals surface area contributed by atoms with Crippen LogP contribution in [0.3, 0.4) is 0 Å². The Labute approximate surface area is 67.9 Å². The highest BCUT2D eigenvalue weighted by Gasteiger charge is 2.31. The molecule has 0 radical (unpaired) electrons. The second-order valence-corrected chi connectivity index (χ2v) is 4.17. The van der Waals surface area contributed by atoms with Crippen molar-refractivity contribution in [3.8, 4) is 0 Å². The highest BCUT2D eigenvalue weighted by Crippen LogP contribution is 2.25. The Kier molecular flexibility index (Phi) is 2.33. The summed E-state index contributed by atoms with van der Waals surface area (Å²) in [5, 5.41) is 0. The molecule has 1 aliphatic rings. The van der Waals surface area contributed by atoms with Crippen molar-refractivity contribution in [2.45, 2.75) is 27.2 Å². The van der Waals surface area contributed by atoms with Gasteiger partial charge >= 0.3 is 0 Å². The van der Waals surface area contributed by atoms with Crippen LogP contribution in [-0.2, 0) is 9.53 Å². The molecule has 0 amide bonds. The fraction of sp³-hybridized carbons (Fsp3) is 0.889. The molecule has 0 spiro atoms. The van der Waals surface area contributed by atoms with Crippen LogP contribution in [0, 0.1) is 11.3 Å². The van der Waals surface area contributed by atoms with Gasteiger partial charge in [0.05, 0.1) is 6.61 Å². The number of ketones is 1. The summed E-state index contributed by atoms with van der Waals surface area (Å²) in [4.78, 5) is 11.6. The van der Waals surface area contributed by atoms with Gasteiger partial charge in [-0.1, -0.05) is 20.8 Å². The SMILES string of the molecule is CC(C)(C)C(=O)[C@@H]1CCOC1. The van der Waals surface area contributed by atoms with E-state index in [1.807, 2.05) is 20.8 Å². The maximum atomic E-state index is 11.6. The Morgan fingerprint density at radius 1 is 1.45 bits per heavy atom. The van der Waals surface area contributed by atoms with E-state index < -0.39 is 0 Å². The van der Waals surface area contributed by atoms with Crippen molar-refractivity contribution in [2.75, 3.05) is 13.2 Å². The van der Waals surface area contributed by atoms with Crippen molar-refractivity contribution < 1.29 is 9.53 Å². The van der Waals surface area contributed by atoms with Gasteiger partial charge in [-0.05, 0) is 6.42 Å². The first-order chi connectivity index (χ1) is 5.02. The first-order valence-electron chi connectivity index (χ1n) is 4.14. The lowest BCUT2D eigenvalue weighted by Gasteiger charge is -2.19. The van der Waals surface area contributed by atoms with E-state index in [0.29, 0.717) is 12.4 Å². The van der Waals surface area contributed by atoms with Gasteiger partial charge in [-0.15, -0.1) is 0 Å². The maximum absolute atomic E-state index is 11.6. The molecule has 0 aromatic heterocycles. The second-order valence-electron chi connectivity index (χ2n) is 4.17. The van der Waals surface area contributed by atoms with E-state index in [2.05, 4.69) is 0 Å². The summed E-state index contributed by atoms with van der Waals surface area (Å²) in [5.41, 5.74) is -0.196. The monoisotopic (exact) mass is 156 g/mol. The highest BCUT2D eigenvalue weighted by atomic mass is 16.5. The maximum Gasteiger partial charge on any atom is 0.143 e. The predicted molar refractivity (Wildman–Crippen MR) is 43.4 cm³/mol. The van der Waals surface area contributed by atoms with Crippen LogP contribution in [0.25, 0.3) is 0 Å². The van der Waals surface area contributed by atoms with Gasteiger partial charge in [0.2, 0.25) is 0 Å². The molecule has 1 atom stereocenters. The van der Waals surface area contributed by atoms with Gasteiger partial charge in [0.1, 0.15) is 5.78 Å². The molecule has 0 unspecified atom stereocenters. The molecule has 0 aliphatic carbocycles. The molecular formula is C9H16O2. The topological polar surface area (TPSA) is 26.3 Å². The van der Waals surface area contributed by atoms with Crippen molar-refractivity contribution in [3.63, 3.8) is 0 Å². The predicted octanol–water partition coefficient (Wildman–Crippen LogP) is 1.64. The average molecular weight is 156 g/mol. The summed E-state index contributed by atoms with van der Waals surface area (Å²) in [6, 6.07) is 0. The van der Waals surface area contributed by atoms with Gasteiger partial charge < -0.3 is 4.74 Å². The normalized spacial score (nSPS) is 25.5. The third-order valence-corrected chi connectivity index (χ3v) is 2.04. The molecular weight excluding hydrogens is 140 g/mol. The van der Waals surface area contributed by atoms with Gasteiger partial charge in [-0.2, -0.15) is 0 Å². The molecule has 1 saturated heterocycles. The first kappa shape index (κ1) is 8.72. The first-order valence-corrected chi connectivity index (χ1v) is 4.14. The lowest BCUT2D eigenvalue weighted by molar-refractivity contribution is -0.130. The summed E-state index contributed by atoms with van der Waals surface area (Å²) >= 11 is 0. The van der Waals surface area contributed by atoms with Crippen LogP contribution in [0.4, 0.5) is 0 Å². The average Bonchev–Trinajstić information content (AvgIpc) is 2.34. The van der Waals surface area contributed by atoms with Gasteiger partial charge in [0.25, 0.3) is 0 Å². The van der Waals surface area contributed by atoms with E-state index in [1.165, 1.54) is 0 Å². The number of carbonyl (C=O) groups excluding carboxylic acids is 1. The molecule has 64 valence electrons. The molecule has 11 heavy (non-hydrogen) atoms. The minimum Gasteiger partial charge on any atom is -0.381 e. The number of hydrogen-bond donors (Lipinski definition) is 0. The smallest absolute Gasteiger partial charge is 0.143 e. The van der Waals surface area contributed by atoms with Gasteiger partial charge in [-0.25, -0.2) is 0 Å². The van der Waals surface area contributed by atoms with Crippen molar-refractivity contribution in [3.05, 3.63) is 0 Å². The lowest BCUT2D eigenvalue weighted by Crippen LogP contribution is -2.28. The number of rotatable bonds is 1. The van der Waals surface area contributed by atoms with E-state index in [1.54, 1.807) is 0 Å².